The SMILES string of the molecule is C[C@H](Cc1ccc(C(=O)OC(c2ccccc2)c2ccccc2)cc1)NC[C@H](O)c1ccccc1.Cl. The minimum Gasteiger partial charge on any atom is -0.449 e. The number of ether oxygens (including phenoxy) is 1. The van der Waals surface area contributed by atoms with Gasteiger partial charge in [-0.3, -0.25) is 0 Å². The van der Waals surface area contributed by atoms with E-state index in [1.807, 2.05) is 115 Å². The predicted octanol–water partition coefficient (Wildman–Crippen LogP) is 6.31. The van der Waals surface area contributed by atoms with E-state index in [1.165, 1.54) is 0 Å². The number of halogens is 1. The van der Waals surface area contributed by atoms with Gasteiger partial charge in [-0.05, 0) is 47.7 Å². The summed E-state index contributed by atoms with van der Waals surface area (Å²) in [6.07, 6.45) is -0.226. The fraction of sp³-hybridized carbons (Fsp3) is 0.194. The Balaban J connectivity index is 0.00000361. The topological polar surface area (TPSA) is 58.6 Å². The first kappa shape index (κ1) is 27.2. The average Bonchev–Trinajstić information content (AvgIpc) is 2.92. The van der Waals surface area contributed by atoms with Crippen LogP contribution >= 0.6 is 12.4 Å². The molecule has 186 valence electrons. The molecule has 0 aliphatic heterocycles. The van der Waals surface area contributed by atoms with Crippen molar-refractivity contribution in [2.75, 3.05) is 6.54 Å². The van der Waals surface area contributed by atoms with E-state index in [4.69, 9.17) is 4.74 Å². The summed E-state index contributed by atoms with van der Waals surface area (Å²) in [5.74, 6) is -0.355. The molecule has 0 spiro atoms. The van der Waals surface area contributed by atoms with Crippen LogP contribution in [-0.2, 0) is 11.2 Å². The summed E-state index contributed by atoms with van der Waals surface area (Å²) in [6.45, 7) is 2.57. The number of hydrogen-bond donors (Lipinski definition) is 2. The van der Waals surface area contributed by atoms with Gasteiger partial charge in [0.2, 0.25) is 0 Å². The van der Waals surface area contributed by atoms with Gasteiger partial charge in [0, 0.05) is 12.6 Å². The van der Waals surface area contributed by atoms with E-state index in [0.717, 1.165) is 28.7 Å². The van der Waals surface area contributed by atoms with E-state index in [2.05, 4.69) is 12.2 Å². The second-order valence-electron chi connectivity index (χ2n) is 8.74. The first-order valence-corrected chi connectivity index (χ1v) is 12.0. The number of carbonyl (C=O) groups excluding carboxylic acids is 1. The highest BCUT2D eigenvalue weighted by Gasteiger charge is 2.20. The molecule has 2 atom stereocenters. The van der Waals surface area contributed by atoms with Gasteiger partial charge < -0.3 is 15.2 Å². The number of nitrogens with one attached hydrogen (secondary N) is 1. The standard InChI is InChI=1S/C31H31NO3.ClH/c1-23(32-22-29(33)25-11-5-2-6-12-25)21-24-17-19-28(20-18-24)31(34)35-30(26-13-7-3-8-14-26)27-15-9-4-10-16-27;/h2-20,23,29-30,32-33H,21-22H2,1H3;1H/t23-,29+;/m1./s1. The number of benzene rings is 4. The number of aliphatic hydroxyl groups excluding tert-OH is 1. The maximum atomic E-state index is 13.0. The molecule has 0 saturated carbocycles. The fourth-order valence-corrected chi connectivity index (χ4v) is 4.07. The molecule has 0 aliphatic carbocycles. The molecule has 0 aliphatic rings. The zero-order valence-electron chi connectivity index (χ0n) is 20.3. The van der Waals surface area contributed by atoms with Crippen LogP contribution in [0.15, 0.2) is 115 Å². The Kier molecular flexibility index (Phi) is 10.3. The van der Waals surface area contributed by atoms with Gasteiger partial charge in [-0.1, -0.05) is 103 Å². The molecule has 4 aromatic rings. The lowest BCUT2D eigenvalue weighted by Crippen LogP contribution is -2.32. The van der Waals surface area contributed by atoms with Crippen LogP contribution in [-0.4, -0.2) is 23.7 Å². The number of rotatable bonds is 10. The molecule has 4 nitrogen and oxygen atoms in total. The minimum absolute atomic E-state index is 0. The smallest absolute Gasteiger partial charge is 0.339 e. The van der Waals surface area contributed by atoms with Crippen molar-refractivity contribution in [1.29, 1.82) is 0 Å². The summed E-state index contributed by atoms with van der Waals surface area (Å²) in [7, 11) is 0. The van der Waals surface area contributed by atoms with Crippen LogP contribution in [0.2, 0.25) is 0 Å². The van der Waals surface area contributed by atoms with Crippen molar-refractivity contribution in [3.8, 4) is 0 Å². The van der Waals surface area contributed by atoms with E-state index in [-0.39, 0.29) is 24.4 Å². The van der Waals surface area contributed by atoms with Crippen molar-refractivity contribution < 1.29 is 14.6 Å². The van der Waals surface area contributed by atoms with Crippen LogP contribution in [0.3, 0.4) is 0 Å². The van der Waals surface area contributed by atoms with E-state index < -0.39 is 12.2 Å². The van der Waals surface area contributed by atoms with Crippen molar-refractivity contribution in [2.24, 2.45) is 0 Å². The monoisotopic (exact) mass is 501 g/mol. The molecular weight excluding hydrogens is 470 g/mol. The highest BCUT2D eigenvalue weighted by molar-refractivity contribution is 5.89. The van der Waals surface area contributed by atoms with Crippen molar-refractivity contribution in [2.45, 2.75) is 31.6 Å². The molecule has 0 unspecified atom stereocenters. The van der Waals surface area contributed by atoms with Gasteiger partial charge in [-0.25, -0.2) is 4.79 Å². The third kappa shape index (κ3) is 7.53. The molecule has 2 N–H and O–H groups in total. The minimum atomic E-state index is -0.544. The lowest BCUT2D eigenvalue weighted by atomic mass is 10.0. The lowest BCUT2D eigenvalue weighted by Gasteiger charge is -2.19. The first-order chi connectivity index (χ1) is 17.1. The summed E-state index contributed by atoms with van der Waals surface area (Å²) in [5, 5.41) is 13.7. The van der Waals surface area contributed by atoms with E-state index in [9.17, 15) is 9.90 Å². The van der Waals surface area contributed by atoms with Crippen LogP contribution in [0.4, 0.5) is 0 Å². The van der Waals surface area contributed by atoms with Crippen molar-refractivity contribution in [3.63, 3.8) is 0 Å². The van der Waals surface area contributed by atoms with Gasteiger partial charge in [0.05, 0.1) is 11.7 Å². The van der Waals surface area contributed by atoms with E-state index in [0.29, 0.717) is 12.1 Å². The Morgan fingerprint density at radius 3 is 1.72 bits per heavy atom. The molecular formula is C31H32ClNO3. The molecule has 4 rings (SSSR count). The predicted molar refractivity (Wildman–Crippen MR) is 146 cm³/mol. The largest absolute Gasteiger partial charge is 0.449 e. The third-order valence-corrected chi connectivity index (χ3v) is 6.01. The van der Waals surface area contributed by atoms with Gasteiger partial charge in [0.1, 0.15) is 0 Å². The molecule has 0 heterocycles. The molecule has 0 radical (unpaired) electrons. The van der Waals surface area contributed by atoms with Crippen molar-refractivity contribution in [1.82, 2.24) is 5.32 Å². The summed E-state index contributed by atoms with van der Waals surface area (Å²) >= 11 is 0. The Morgan fingerprint density at radius 1 is 0.750 bits per heavy atom. The number of aliphatic hydroxyl groups is 1. The average molecular weight is 502 g/mol. The maximum absolute atomic E-state index is 13.0. The number of hydrogen-bond acceptors (Lipinski definition) is 4. The van der Waals surface area contributed by atoms with Crippen LogP contribution in [0.5, 0.6) is 0 Å². The Labute approximate surface area is 219 Å². The molecule has 36 heavy (non-hydrogen) atoms. The Bertz CT molecular complexity index is 1150. The molecule has 0 saturated heterocycles. The second kappa shape index (κ2) is 13.6. The lowest BCUT2D eigenvalue weighted by molar-refractivity contribution is 0.0378. The summed E-state index contributed by atoms with van der Waals surface area (Å²) in [6, 6.07) is 36.9. The van der Waals surface area contributed by atoms with Crippen molar-refractivity contribution in [3.05, 3.63) is 143 Å². The third-order valence-electron chi connectivity index (χ3n) is 6.01. The highest BCUT2D eigenvalue weighted by Crippen LogP contribution is 2.27. The second-order valence-corrected chi connectivity index (χ2v) is 8.74. The molecule has 0 bridgehead atoms. The molecule has 0 amide bonds. The number of esters is 1. The molecule has 5 heteroatoms. The van der Waals surface area contributed by atoms with Crippen molar-refractivity contribution >= 4 is 18.4 Å². The van der Waals surface area contributed by atoms with E-state index >= 15 is 0 Å². The molecule has 0 aromatic heterocycles. The zero-order chi connectivity index (χ0) is 24.5. The van der Waals surface area contributed by atoms with Gasteiger partial charge >= 0.3 is 5.97 Å². The van der Waals surface area contributed by atoms with Crippen LogP contribution in [0.1, 0.15) is 51.7 Å². The molecule has 4 aromatic carbocycles. The summed E-state index contributed by atoms with van der Waals surface area (Å²) < 4.78 is 5.96. The van der Waals surface area contributed by atoms with E-state index in [1.54, 1.807) is 0 Å². The molecule has 0 fully saturated rings. The highest BCUT2D eigenvalue weighted by atomic mass is 35.5. The van der Waals surface area contributed by atoms with Gasteiger partial charge in [-0.2, -0.15) is 0 Å². The summed E-state index contributed by atoms with van der Waals surface area (Å²) in [4.78, 5) is 13.0. The van der Waals surface area contributed by atoms with Crippen LogP contribution < -0.4 is 5.32 Å². The Hall–Kier alpha value is -3.44. The zero-order valence-corrected chi connectivity index (χ0v) is 21.1. The normalized spacial score (nSPS) is 12.4. The Morgan fingerprint density at radius 2 is 1.22 bits per heavy atom. The van der Waals surface area contributed by atoms with Gasteiger partial charge in [-0.15, -0.1) is 12.4 Å². The first-order valence-electron chi connectivity index (χ1n) is 12.0. The maximum Gasteiger partial charge on any atom is 0.339 e. The fourth-order valence-electron chi connectivity index (χ4n) is 4.07. The van der Waals surface area contributed by atoms with Crippen LogP contribution in [0, 0.1) is 0 Å². The number of carbonyl (C=O) groups is 1. The van der Waals surface area contributed by atoms with Gasteiger partial charge in [0.25, 0.3) is 0 Å². The summed E-state index contributed by atoms with van der Waals surface area (Å²) in [5.41, 5.74) is 4.39. The quantitative estimate of drug-likeness (QED) is 0.250. The van der Waals surface area contributed by atoms with Crippen LogP contribution in [0.25, 0.3) is 0 Å². The van der Waals surface area contributed by atoms with Gasteiger partial charge in [0.15, 0.2) is 6.10 Å².